The van der Waals surface area contributed by atoms with Gasteiger partial charge < -0.3 is 14.9 Å². The van der Waals surface area contributed by atoms with Crippen LogP contribution in [0.1, 0.15) is 12.0 Å². The molecule has 0 bridgehead atoms. The molecule has 4 heteroatoms. The molecule has 0 radical (unpaired) electrons. The maximum absolute atomic E-state index is 11.0. The Morgan fingerprint density at radius 3 is 2.61 bits per heavy atom. The molecule has 1 aliphatic heterocycles. The molecule has 0 saturated carbocycles. The lowest BCUT2D eigenvalue weighted by Gasteiger charge is -2.41. The van der Waals surface area contributed by atoms with Crippen molar-refractivity contribution in [2.45, 2.75) is 19.4 Å². The number of hydrogen-bond acceptors (Lipinski definition) is 3. The molecule has 1 saturated heterocycles. The molecule has 0 aromatic heterocycles. The lowest BCUT2D eigenvalue weighted by Crippen LogP contribution is -2.52. The predicted molar refractivity (Wildman–Crippen MR) is 72.1 cm³/mol. The topological polar surface area (TPSA) is 43.8 Å². The second kappa shape index (κ2) is 5.40. The number of aliphatic carboxylic acids is 1. The van der Waals surface area contributed by atoms with Gasteiger partial charge in [0.25, 0.3) is 0 Å². The zero-order valence-electron chi connectivity index (χ0n) is 11.0. The highest BCUT2D eigenvalue weighted by Crippen LogP contribution is 2.22. The van der Waals surface area contributed by atoms with Gasteiger partial charge in [-0.05, 0) is 26.1 Å². The molecule has 4 nitrogen and oxygen atoms in total. The van der Waals surface area contributed by atoms with E-state index in [1.807, 2.05) is 7.05 Å². The van der Waals surface area contributed by atoms with Crippen LogP contribution >= 0.6 is 0 Å². The first-order chi connectivity index (χ1) is 8.56. The summed E-state index contributed by atoms with van der Waals surface area (Å²) in [6.45, 7) is 4.73. The molecule has 1 fully saturated rings. The van der Waals surface area contributed by atoms with Gasteiger partial charge in [-0.2, -0.15) is 0 Å². The molecule has 18 heavy (non-hydrogen) atoms. The molecular weight excluding hydrogens is 228 g/mol. The minimum Gasteiger partial charge on any atom is -0.481 e. The fourth-order valence-corrected chi connectivity index (χ4v) is 2.46. The van der Waals surface area contributed by atoms with Crippen LogP contribution in [0.5, 0.6) is 0 Å². The molecule has 1 aliphatic rings. The smallest absolute Gasteiger partial charge is 0.305 e. The van der Waals surface area contributed by atoms with E-state index in [1.165, 1.54) is 5.56 Å². The summed E-state index contributed by atoms with van der Waals surface area (Å²) in [7, 11) is 2.04. The Kier molecular flexibility index (Phi) is 3.87. The summed E-state index contributed by atoms with van der Waals surface area (Å²) >= 11 is 0. The Morgan fingerprint density at radius 2 is 2.00 bits per heavy atom. The maximum atomic E-state index is 11.0. The Labute approximate surface area is 108 Å². The van der Waals surface area contributed by atoms with Crippen molar-refractivity contribution < 1.29 is 9.90 Å². The lowest BCUT2D eigenvalue weighted by molar-refractivity contribution is -0.137. The zero-order valence-corrected chi connectivity index (χ0v) is 11.0. The highest BCUT2D eigenvalue weighted by atomic mass is 16.4. The van der Waals surface area contributed by atoms with Gasteiger partial charge in [-0.15, -0.1) is 0 Å². The number of anilines is 1. The number of carbonyl (C=O) groups is 1. The number of carboxylic acid groups (broad SMARTS) is 1. The number of hydrogen-bond donors (Lipinski definition) is 1. The summed E-state index contributed by atoms with van der Waals surface area (Å²) < 4.78 is 0. The molecular formula is C14H20N2O2. The van der Waals surface area contributed by atoms with E-state index in [0.717, 1.165) is 25.3 Å². The first-order valence-corrected chi connectivity index (χ1v) is 6.30. The Balaban J connectivity index is 2.17. The van der Waals surface area contributed by atoms with Crippen LogP contribution in [-0.2, 0) is 4.79 Å². The van der Waals surface area contributed by atoms with Gasteiger partial charge in [-0.3, -0.25) is 4.79 Å². The highest BCUT2D eigenvalue weighted by Gasteiger charge is 2.27. The standard InChI is InChI=1S/C14H20N2O2/c1-11-3-5-12(6-4-11)16-8-7-15(2)10-13(16)9-14(17)18/h3-6,13H,7-10H2,1-2H3,(H,17,18). The van der Waals surface area contributed by atoms with Crippen molar-refractivity contribution in [2.24, 2.45) is 0 Å². The van der Waals surface area contributed by atoms with Gasteiger partial charge in [0.05, 0.1) is 12.5 Å². The number of aryl methyl sites for hydroxylation is 1. The van der Waals surface area contributed by atoms with Gasteiger partial charge in [-0.25, -0.2) is 0 Å². The normalized spacial score (nSPS) is 21.0. The summed E-state index contributed by atoms with van der Waals surface area (Å²) in [4.78, 5) is 15.4. The van der Waals surface area contributed by atoms with E-state index in [0.29, 0.717) is 0 Å². The third kappa shape index (κ3) is 3.01. The summed E-state index contributed by atoms with van der Waals surface area (Å²) in [5, 5.41) is 9.02. The molecule has 0 spiro atoms. The fraction of sp³-hybridized carbons (Fsp3) is 0.500. The van der Waals surface area contributed by atoms with Crippen molar-refractivity contribution in [3.8, 4) is 0 Å². The van der Waals surface area contributed by atoms with Crippen LogP contribution in [0.3, 0.4) is 0 Å². The number of benzene rings is 1. The third-order valence-corrected chi connectivity index (χ3v) is 3.46. The second-order valence-electron chi connectivity index (χ2n) is 5.04. The lowest BCUT2D eigenvalue weighted by atomic mass is 10.1. The van der Waals surface area contributed by atoms with Gasteiger partial charge >= 0.3 is 5.97 Å². The van der Waals surface area contributed by atoms with Gasteiger partial charge in [0.15, 0.2) is 0 Å². The zero-order chi connectivity index (χ0) is 13.1. The largest absolute Gasteiger partial charge is 0.481 e. The molecule has 0 aliphatic carbocycles. The number of rotatable bonds is 3. The van der Waals surface area contributed by atoms with Crippen LogP contribution in [0.25, 0.3) is 0 Å². The van der Waals surface area contributed by atoms with Crippen molar-refractivity contribution in [3.05, 3.63) is 29.8 Å². The van der Waals surface area contributed by atoms with E-state index in [2.05, 4.69) is 41.0 Å². The summed E-state index contributed by atoms with van der Waals surface area (Å²) in [6, 6.07) is 8.37. The fourth-order valence-electron chi connectivity index (χ4n) is 2.46. The number of carboxylic acids is 1. The maximum Gasteiger partial charge on any atom is 0.305 e. The minimum absolute atomic E-state index is 0.0592. The Morgan fingerprint density at radius 1 is 1.33 bits per heavy atom. The van der Waals surface area contributed by atoms with E-state index in [1.54, 1.807) is 0 Å². The quantitative estimate of drug-likeness (QED) is 0.882. The molecule has 1 N–H and O–H groups in total. The molecule has 1 aromatic rings. The summed E-state index contributed by atoms with van der Waals surface area (Å²) in [5.41, 5.74) is 2.35. The molecule has 1 unspecified atom stereocenters. The van der Waals surface area contributed by atoms with Crippen LogP contribution in [-0.4, -0.2) is 48.7 Å². The Bertz CT molecular complexity index is 416. The SMILES string of the molecule is Cc1ccc(N2CCN(C)CC2CC(=O)O)cc1. The second-order valence-corrected chi connectivity index (χ2v) is 5.04. The van der Waals surface area contributed by atoms with Crippen LogP contribution in [0.2, 0.25) is 0 Å². The molecule has 98 valence electrons. The monoisotopic (exact) mass is 248 g/mol. The third-order valence-electron chi connectivity index (χ3n) is 3.46. The van der Waals surface area contributed by atoms with Crippen LogP contribution in [0.15, 0.2) is 24.3 Å². The molecule has 1 aromatic carbocycles. The predicted octanol–water partition coefficient (Wildman–Crippen LogP) is 1.59. The van der Waals surface area contributed by atoms with E-state index < -0.39 is 5.97 Å². The van der Waals surface area contributed by atoms with Crippen LogP contribution < -0.4 is 4.90 Å². The van der Waals surface area contributed by atoms with E-state index >= 15 is 0 Å². The minimum atomic E-state index is -0.729. The number of piperazine rings is 1. The number of likely N-dealkylation sites (N-methyl/N-ethyl adjacent to an activating group) is 1. The summed E-state index contributed by atoms with van der Waals surface area (Å²) in [6.07, 6.45) is 0.193. The molecule has 0 amide bonds. The molecule has 2 rings (SSSR count). The number of nitrogens with zero attached hydrogens (tertiary/aromatic N) is 2. The molecule has 1 heterocycles. The average molecular weight is 248 g/mol. The van der Waals surface area contributed by atoms with Crippen molar-refractivity contribution >= 4 is 11.7 Å². The van der Waals surface area contributed by atoms with E-state index in [4.69, 9.17) is 5.11 Å². The van der Waals surface area contributed by atoms with Gasteiger partial charge in [-0.1, -0.05) is 17.7 Å². The van der Waals surface area contributed by atoms with Gasteiger partial charge in [0.1, 0.15) is 0 Å². The van der Waals surface area contributed by atoms with Crippen molar-refractivity contribution in [1.29, 1.82) is 0 Å². The van der Waals surface area contributed by atoms with Crippen molar-refractivity contribution in [1.82, 2.24) is 4.90 Å². The first kappa shape index (κ1) is 12.9. The summed E-state index contributed by atoms with van der Waals surface area (Å²) in [5.74, 6) is -0.729. The van der Waals surface area contributed by atoms with Crippen molar-refractivity contribution in [3.63, 3.8) is 0 Å². The van der Waals surface area contributed by atoms with Crippen LogP contribution in [0, 0.1) is 6.92 Å². The van der Waals surface area contributed by atoms with E-state index in [9.17, 15) is 4.79 Å². The van der Waals surface area contributed by atoms with Gasteiger partial charge in [0, 0.05) is 25.3 Å². The Hall–Kier alpha value is -1.55. The first-order valence-electron chi connectivity index (χ1n) is 6.30. The average Bonchev–Trinajstić information content (AvgIpc) is 2.30. The van der Waals surface area contributed by atoms with Crippen LogP contribution in [0.4, 0.5) is 5.69 Å². The van der Waals surface area contributed by atoms with E-state index in [-0.39, 0.29) is 12.5 Å². The molecule has 1 atom stereocenters. The highest BCUT2D eigenvalue weighted by molar-refractivity contribution is 5.68. The van der Waals surface area contributed by atoms with Crippen molar-refractivity contribution in [2.75, 3.05) is 31.6 Å². The van der Waals surface area contributed by atoms with Gasteiger partial charge in [0.2, 0.25) is 0 Å².